The molecule has 1 aliphatic heterocycles. The van der Waals surface area contributed by atoms with Gasteiger partial charge in [0.15, 0.2) is 5.69 Å². The predicted octanol–water partition coefficient (Wildman–Crippen LogP) is 3.04. The van der Waals surface area contributed by atoms with Crippen molar-refractivity contribution < 1.29 is 22.8 Å². The highest BCUT2D eigenvalue weighted by Gasteiger charge is 2.40. The first-order valence-electron chi connectivity index (χ1n) is 9.97. The number of nitrogens with one attached hydrogen (secondary N) is 1. The molecule has 3 aromatic rings. The van der Waals surface area contributed by atoms with Gasteiger partial charge in [0.1, 0.15) is 5.82 Å². The van der Waals surface area contributed by atoms with Crippen molar-refractivity contribution in [3.8, 4) is 11.4 Å². The summed E-state index contributed by atoms with van der Waals surface area (Å²) in [6.07, 6.45) is -2.51. The molecule has 3 N–H and O–H groups in total. The van der Waals surface area contributed by atoms with Gasteiger partial charge in [0.05, 0.1) is 27.5 Å². The van der Waals surface area contributed by atoms with E-state index < -0.39 is 29.2 Å². The lowest BCUT2D eigenvalue weighted by Gasteiger charge is -2.16. The minimum atomic E-state index is -4.59. The zero-order chi connectivity index (χ0) is 23.7. The molecule has 2 amide bonds. The Labute approximate surface area is 188 Å². The van der Waals surface area contributed by atoms with E-state index in [-0.39, 0.29) is 45.3 Å². The van der Waals surface area contributed by atoms with Gasteiger partial charge in [-0.3, -0.25) is 24.3 Å². The molecule has 0 fully saturated rings. The number of carbonyl (C=O) groups excluding carboxylic acids is 2. The number of amides is 2. The van der Waals surface area contributed by atoms with Crippen molar-refractivity contribution in [1.29, 1.82) is 0 Å². The van der Waals surface area contributed by atoms with Crippen LogP contribution >= 0.6 is 11.6 Å². The van der Waals surface area contributed by atoms with E-state index in [0.29, 0.717) is 18.5 Å². The third-order valence-corrected chi connectivity index (χ3v) is 6.12. The molecule has 2 aromatic heterocycles. The summed E-state index contributed by atoms with van der Waals surface area (Å²) in [5.41, 5.74) is 5.20. The zero-order valence-corrected chi connectivity index (χ0v) is 17.5. The average Bonchev–Trinajstić information content (AvgIpc) is 3.26. The summed E-state index contributed by atoms with van der Waals surface area (Å²) in [5.74, 6) is -1.70. The second-order valence-electron chi connectivity index (χ2n) is 7.80. The Morgan fingerprint density at radius 1 is 1.06 bits per heavy atom. The van der Waals surface area contributed by atoms with Crippen LogP contribution in [0.25, 0.3) is 11.4 Å². The monoisotopic (exact) mass is 477 g/mol. The van der Waals surface area contributed by atoms with Crippen molar-refractivity contribution in [3.05, 3.63) is 67.7 Å². The van der Waals surface area contributed by atoms with E-state index in [1.54, 1.807) is 0 Å². The summed E-state index contributed by atoms with van der Waals surface area (Å²) in [4.78, 5) is 36.5. The summed E-state index contributed by atoms with van der Waals surface area (Å²) >= 11 is 6.42. The highest BCUT2D eigenvalue weighted by Crippen LogP contribution is 2.38. The fraction of sp³-hybridized carbons (Fsp3) is 0.238. The largest absolute Gasteiger partial charge is 0.435 e. The van der Waals surface area contributed by atoms with E-state index in [4.69, 9.17) is 17.3 Å². The van der Waals surface area contributed by atoms with Crippen molar-refractivity contribution in [1.82, 2.24) is 19.7 Å². The molecular weight excluding hydrogens is 463 g/mol. The van der Waals surface area contributed by atoms with Gasteiger partial charge < -0.3 is 5.73 Å². The Bertz CT molecular complexity index is 1420. The first-order valence-corrected chi connectivity index (χ1v) is 10.3. The number of anilines is 1. The van der Waals surface area contributed by atoms with Crippen molar-refractivity contribution in [2.45, 2.75) is 31.9 Å². The first-order chi connectivity index (χ1) is 15.6. The maximum Gasteiger partial charge on any atom is 0.435 e. The highest BCUT2D eigenvalue weighted by atomic mass is 35.5. The SMILES string of the molecule is Nc1c2c(cc(=O)n1-c1ccc(-n3nc(C(F)(F)F)c4c3CCCC4)c(Cl)c1)C(=O)NC2=O. The minimum absolute atomic E-state index is 0.0319. The van der Waals surface area contributed by atoms with E-state index in [0.717, 1.165) is 17.1 Å². The standard InChI is InChI=1S/C21H15ClF3N5O3/c22-12-7-9(29-15(31)8-11-16(18(29)26)20(33)27-19(11)32)5-6-14(12)30-13-4-2-1-3-10(13)17(28-30)21(23,24)25/h5-8H,1-4,26H2,(H,27,32,33). The van der Waals surface area contributed by atoms with Gasteiger partial charge in [0.25, 0.3) is 17.4 Å². The number of hydrogen-bond donors (Lipinski definition) is 2. The van der Waals surface area contributed by atoms with Gasteiger partial charge in [-0.2, -0.15) is 18.3 Å². The van der Waals surface area contributed by atoms with Gasteiger partial charge in [0, 0.05) is 17.3 Å². The topological polar surface area (TPSA) is 112 Å². The number of fused-ring (bicyclic) bond motifs is 2. The average molecular weight is 478 g/mol. The predicted molar refractivity (Wildman–Crippen MR) is 112 cm³/mol. The molecule has 1 aromatic carbocycles. The number of carbonyl (C=O) groups is 2. The first kappa shape index (κ1) is 21.3. The molecule has 0 saturated carbocycles. The van der Waals surface area contributed by atoms with Gasteiger partial charge in [-0.05, 0) is 43.9 Å². The summed E-state index contributed by atoms with van der Waals surface area (Å²) in [6.45, 7) is 0. The van der Waals surface area contributed by atoms with Crippen LogP contribution in [-0.2, 0) is 19.0 Å². The molecule has 170 valence electrons. The van der Waals surface area contributed by atoms with Crippen LogP contribution in [-0.4, -0.2) is 26.2 Å². The van der Waals surface area contributed by atoms with Crippen LogP contribution in [0.4, 0.5) is 19.0 Å². The Morgan fingerprint density at radius 3 is 2.48 bits per heavy atom. The maximum atomic E-state index is 13.5. The van der Waals surface area contributed by atoms with E-state index in [2.05, 4.69) is 10.4 Å². The summed E-state index contributed by atoms with van der Waals surface area (Å²) < 4.78 is 42.8. The Balaban J connectivity index is 1.65. The van der Waals surface area contributed by atoms with E-state index in [1.165, 1.54) is 22.9 Å². The molecule has 2 aliphatic rings. The molecule has 1 aliphatic carbocycles. The molecule has 12 heteroatoms. The van der Waals surface area contributed by atoms with Crippen LogP contribution in [0, 0.1) is 0 Å². The number of benzene rings is 1. The second-order valence-corrected chi connectivity index (χ2v) is 8.21. The fourth-order valence-electron chi connectivity index (χ4n) is 4.38. The Hall–Kier alpha value is -3.60. The molecule has 0 unspecified atom stereocenters. The summed E-state index contributed by atoms with van der Waals surface area (Å²) in [5, 5.41) is 5.93. The molecular formula is C21H15ClF3N5O3. The molecule has 8 nitrogen and oxygen atoms in total. The number of nitrogens with zero attached hydrogens (tertiary/aromatic N) is 3. The minimum Gasteiger partial charge on any atom is -0.384 e. The van der Waals surface area contributed by atoms with E-state index in [9.17, 15) is 27.6 Å². The molecule has 3 heterocycles. The molecule has 0 spiro atoms. The third kappa shape index (κ3) is 3.22. The van der Waals surface area contributed by atoms with Gasteiger partial charge in [-0.1, -0.05) is 11.6 Å². The lowest BCUT2D eigenvalue weighted by Crippen LogP contribution is -2.24. The number of alkyl halides is 3. The molecule has 5 rings (SSSR count). The number of halogens is 4. The smallest absolute Gasteiger partial charge is 0.384 e. The van der Waals surface area contributed by atoms with Crippen molar-refractivity contribution in [2.24, 2.45) is 0 Å². The Kier molecular flexibility index (Phi) is 4.64. The van der Waals surface area contributed by atoms with Crippen LogP contribution in [0.1, 0.15) is 50.5 Å². The summed E-state index contributed by atoms with van der Waals surface area (Å²) in [7, 11) is 0. The van der Waals surface area contributed by atoms with Crippen LogP contribution < -0.4 is 16.6 Å². The normalized spacial score (nSPS) is 15.4. The number of pyridine rings is 1. The van der Waals surface area contributed by atoms with Crippen LogP contribution in [0.2, 0.25) is 5.02 Å². The molecule has 0 radical (unpaired) electrons. The molecule has 0 bridgehead atoms. The number of aromatic nitrogens is 3. The molecule has 33 heavy (non-hydrogen) atoms. The summed E-state index contributed by atoms with van der Waals surface area (Å²) in [6, 6.07) is 5.21. The van der Waals surface area contributed by atoms with Crippen molar-refractivity contribution >= 4 is 29.2 Å². The lowest BCUT2D eigenvalue weighted by molar-refractivity contribution is -0.142. The van der Waals surface area contributed by atoms with Gasteiger partial charge in [0.2, 0.25) is 0 Å². The number of nitrogen functional groups attached to an aromatic ring is 1. The zero-order valence-electron chi connectivity index (χ0n) is 16.8. The Morgan fingerprint density at radius 2 is 1.79 bits per heavy atom. The lowest BCUT2D eigenvalue weighted by atomic mass is 9.95. The molecule has 0 atom stereocenters. The number of imide groups is 1. The fourth-order valence-corrected chi connectivity index (χ4v) is 4.63. The molecule has 0 saturated heterocycles. The van der Waals surface area contributed by atoms with Crippen molar-refractivity contribution in [3.63, 3.8) is 0 Å². The third-order valence-electron chi connectivity index (χ3n) is 5.82. The highest BCUT2D eigenvalue weighted by molar-refractivity contribution is 6.32. The number of rotatable bonds is 2. The van der Waals surface area contributed by atoms with Crippen LogP contribution in [0.15, 0.2) is 29.1 Å². The quantitative estimate of drug-likeness (QED) is 0.551. The second kappa shape index (κ2) is 7.20. The van der Waals surface area contributed by atoms with Crippen LogP contribution in [0.5, 0.6) is 0 Å². The van der Waals surface area contributed by atoms with Crippen molar-refractivity contribution in [2.75, 3.05) is 5.73 Å². The number of nitrogens with two attached hydrogens (primary N) is 1. The van der Waals surface area contributed by atoms with Gasteiger partial charge in [-0.15, -0.1) is 0 Å². The van der Waals surface area contributed by atoms with E-state index in [1.807, 2.05) is 0 Å². The van der Waals surface area contributed by atoms with Gasteiger partial charge >= 0.3 is 6.18 Å². The van der Waals surface area contributed by atoms with E-state index >= 15 is 0 Å². The number of hydrogen-bond acceptors (Lipinski definition) is 5. The van der Waals surface area contributed by atoms with Gasteiger partial charge in [-0.25, -0.2) is 4.68 Å². The van der Waals surface area contributed by atoms with Crippen LogP contribution in [0.3, 0.4) is 0 Å². The maximum absolute atomic E-state index is 13.5.